The van der Waals surface area contributed by atoms with Crippen molar-refractivity contribution in [3.8, 4) is 11.8 Å². The monoisotopic (exact) mass is 260 g/mol. The third-order valence-corrected chi connectivity index (χ3v) is 3.62. The number of nitrogens with zero attached hydrogens (tertiary/aromatic N) is 1. The maximum absolute atomic E-state index is 13.6. The van der Waals surface area contributed by atoms with Gasteiger partial charge in [0.2, 0.25) is 0 Å². The molecule has 2 N–H and O–H groups in total. The molecule has 1 unspecified atom stereocenters. The highest BCUT2D eigenvalue weighted by Crippen LogP contribution is 2.20. The van der Waals surface area contributed by atoms with Crippen LogP contribution in [0.3, 0.4) is 0 Å². The van der Waals surface area contributed by atoms with Gasteiger partial charge in [0, 0.05) is 18.2 Å². The lowest BCUT2D eigenvalue weighted by Gasteiger charge is -2.33. The Labute approximate surface area is 114 Å². The van der Waals surface area contributed by atoms with Crippen molar-refractivity contribution in [3.63, 3.8) is 0 Å². The van der Waals surface area contributed by atoms with Crippen molar-refractivity contribution in [2.45, 2.75) is 38.8 Å². The molecule has 0 aromatic heterocycles. The molecule has 1 saturated heterocycles. The van der Waals surface area contributed by atoms with Crippen LogP contribution >= 0.6 is 0 Å². The highest BCUT2D eigenvalue weighted by molar-refractivity contribution is 5.38. The fourth-order valence-electron chi connectivity index (χ4n) is 2.59. The van der Waals surface area contributed by atoms with Crippen LogP contribution in [0.5, 0.6) is 0 Å². The number of hydrogen-bond donors (Lipinski definition) is 1. The van der Waals surface area contributed by atoms with Crippen molar-refractivity contribution in [1.82, 2.24) is 4.90 Å². The Morgan fingerprint density at radius 3 is 2.95 bits per heavy atom. The van der Waals surface area contributed by atoms with E-state index in [1.54, 1.807) is 6.07 Å². The van der Waals surface area contributed by atoms with Gasteiger partial charge in [-0.05, 0) is 50.1 Å². The third-order valence-electron chi connectivity index (χ3n) is 3.62. The fourth-order valence-corrected chi connectivity index (χ4v) is 2.59. The summed E-state index contributed by atoms with van der Waals surface area (Å²) in [6.45, 7) is 4.44. The van der Waals surface area contributed by atoms with E-state index >= 15 is 0 Å². The van der Waals surface area contributed by atoms with Crippen molar-refractivity contribution >= 4 is 0 Å². The van der Waals surface area contributed by atoms with Crippen molar-refractivity contribution in [2.24, 2.45) is 5.73 Å². The summed E-state index contributed by atoms with van der Waals surface area (Å²) in [6, 6.07) is 5.61. The molecule has 19 heavy (non-hydrogen) atoms. The second kappa shape index (κ2) is 6.70. The molecule has 0 amide bonds. The SMILES string of the molecule is CC1CCCCN1Cc1cc(F)cc(C#CCN)c1. The minimum atomic E-state index is -0.219. The molecule has 3 heteroatoms. The zero-order valence-electron chi connectivity index (χ0n) is 11.5. The summed E-state index contributed by atoms with van der Waals surface area (Å²) < 4.78 is 13.6. The van der Waals surface area contributed by atoms with Gasteiger partial charge in [0.1, 0.15) is 5.82 Å². The van der Waals surface area contributed by atoms with Crippen LogP contribution in [-0.2, 0) is 6.54 Å². The van der Waals surface area contributed by atoms with E-state index in [1.165, 1.54) is 25.3 Å². The summed E-state index contributed by atoms with van der Waals surface area (Å²) in [5.74, 6) is 5.45. The molecule has 2 nitrogen and oxygen atoms in total. The Morgan fingerprint density at radius 1 is 1.37 bits per heavy atom. The van der Waals surface area contributed by atoms with E-state index in [4.69, 9.17) is 5.73 Å². The zero-order chi connectivity index (χ0) is 13.7. The van der Waals surface area contributed by atoms with Gasteiger partial charge in [0.05, 0.1) is 6.54 Å². The zero-order valence-corrected chi connectivity index (χ0v) is 11.5. The summed E-state index contributed by atoms with van der Waals surface area (Å²) in [6.07, 6.45) is 3.77. The molecule has 0 spiro atoms. The molecule has 1 aliphatic rings. The Hall–Kier alpha value is -1.37. The van der Waals surface area contributed by atoms with Crippen molar-refractivity contribution in [2.75, 3.05) is 13.1 Å². The molecule has 1 atom stereocenters. The van der Waals surface area contributed by atoms with Crippen molar-refractivity contribution in [1.29, 1.82) is 0 Å². The molecule has 0 radical (unpaired) electrons. The largest absolute Gasteiger partial charge is 0.320 e. The first-order valence-electron chi connectivity index (χ1n) is 6.91. The minimum absolute atomic E-state index is 0.219. The lowest BCUT2D eigenvalue weighted by molar-refractivity contribution is 0.152. The molecule has 102 valence electrons. The summed E-state index contributed by atoms with van der Waals surface area (Å²) in [7, 11) is 0. The van der Waals surface area contributed by atoms with Crippen LogP contribution in [0.25, 0.3) is 0 Å². The van der Waals surface area contributed by atoms with E-state index in [2.05, 4.69) is 23.7 Å². The topological polar surface area (TPSA) is 29.3 Å². The quantitative estimate of drug-likeness (QED) is 0.828. The van der Waals surface area contributed by atoms with E-state index in [0.717, 1.165) is 18.7 Å². The highest BCUT2D eigenvalue weighted by Gasteiger charge is 2.18. The Bertz CT molecular complexity index is 487. The van der Waals surface area contributed by atoms with Gasteiger partial charge in [-0.2, -0.15) is 0 Å². The lowest BCUT2D eigenvalue weighted by atomic mass is 10.0. The molecule has 2 rings (SSSR count). The number of halogens is 1. The van der Waals surface area contributed by atoms with Crippen LogP contribution in [0.15, 0.2) is 18.2 Å². The molecule has 1 aliphatic heterocycles. The van der Waals surface area contributed by atoms with E-state index < -0.39 is 0 Å². The number of hydrogen-bond acceptors (Lipinski definition) is 2. The average molecular weight is 260 g/mol. The maximum atomic E-state index is 13.6. The minimum Gasteiger partial charge on any atom is -0.320 e. The van der Waals surface area contributed by atoms with Gasteiger partial charge in [-0.15, -0.1) is 0 Å². The number of benzene rings is 1. The number of rotatable bonds is 2. The van der Waals surface area contributed by atoms with Gasteiger partial charge in [-0.25, -0.2) is 4.39 Å². The summed E-state index contributed by atoms with van der Waals surface area (Å²) >= 11 is 0. The summed E-state index contributed by atoms with van der Waals surface area (Å²) in [5, 5.41) is 0. The first-order chi connectivity index (χ1) is 9.19. The molecule has 1 fully saturated rings. The van der Waals surface area contributed by atoms with Gasteiger partial charge in [0.25, 0.3) is 0 Å². The molecule has 0 bridgehead atoms. The van der Waals surface area contributed by atoms with Crippen molar-refractivity contribution < 1.29 is 4.39 Å². The average Bonchev–Trinajstić information content (AvgIpc) is 2.38. The standard InChI is InChI=1S/C16H21FN2/c1-13-5-2-3-8-19(13)12-15-9-14(6-4-7-18)10-16(17)11-15/h9-11,13H,2-3,5,7-8,12,18H2,1H3. The van der Waals surface area contributed by atoms with Gasteiger partial charge in [-0.1, -0.05) is 18.3 Å². The number of nitrogens with two attached hydrogens (primary N) is 1. The maximum Gasteiger partial charge on any atom is 0.124 e. The highest BCUT2D eigenvalue weighted by atomic mass is 19.1. The van der Waals surface area contributed by atoms with Crippen LogP contribution < -0.4 is 5.73 Å². The van der Waals surface area contributed by atoms with E-state index in [-0.39, 0.29) is 5.82 Å². The van der Waals surface area contributed by atoms with Gasteiger partial charge in [0.15, 0.2) is 0 Å². The van der Waals surface area contributed by atoms with Gasteiger partial charge < -0.3 is 5.73 Å². The first kappa shape index (κ1) is 14.0. The van der Waals surface area contributed by atoms with Crippen LogP contribution in [0.2, 0.25) is 0 Å². The van der Waals surface area contributed by atoms with E-state index in [9.17, 15) is 4.39 Å². The Balaban J connectivity index is 2.13. The van der Waals surface area contributed by atoms with E-state index in [0.29, 0.717) is 18.2 Å². The second-order valence-electron chi connectivity index (χ2n) is 5.17. The van der Waals surface area contributed by atoms with E-state index in [1.807, 2.05) is 6.07 Å². The normalized spacial score (nSPS) is 19.8. The Kier molecular flexibility index (Phi) is 4.95. The molecule has 1 aromatic rings. The van der Waals surface area contributed by atoms with Crippen LogP contribution in [0, 0.1) is 17.7 Å². The fraction of sp³-hybridized carbons (Fsp3) is 0.500. The van der Waals surface area contributed by atoms with Crippen LogP contribution in [0.1, 0.15) is 37.3 Å². The molecular weight excluding hydrogens is 239 g/mol. The molecule has 1 aromatic carbocycles. The summed E-state index contributed by atoms with van der Waals surface area (Å²) in [4.78, 5) is 2.42. The smallest absolute Gasteiger partial charge is 0.124 e. The van der Waals surface area contributed by atoms with Gasteiger partial charge >= 0.3 is 0 Å². The predicted molar refractivity (Wildman–Crippen MR) is 76.1 cm³/mol. The van der Waals surface area contributed by atoms with Gasteiger partial charge in [-0.3, -0.25) is 4.90 Å². The second-order valence-corrected chi connectivity index (χ2v) is 5.17. The number of piperidine rings is 1. The first-order valence-corrected chi connectivity index (χ1v) is 6.91. The molecule has 0 aliphatic carbocycles. The summed E-state index contributed by atoms with van der Waals surface area (Å²) in [5.41, 5.74) is 7.05. The van der Waals surface area contributed by atoms with Crippen LogP contribution in [0.4, 0.5) is 4.39 Å². The number of likely N-dealkylation sites (tertiary alicyclic amines) is 1. The predicted octanol–water partition coefficient (Wildman–Crippen LogP) is 2.51. The molecular formula is C16H21FN2. The third kappa shape index (κ3) is 4.05. The molecule has 0 saturated carbocycles. The Morgan fingerprint density at radius 2 is 2.21 bits per heavy atom. The lowest BCUT2D eigenvalue weighted by Crippen LogP contribution is -2.36. The van der Waals surface area contributed by atoms with Crippen molar-refractivity contribution in [3.05, 3.63) is 35.1 Å². The molecule has 1 heterocycles. The van der Waals surface area contributed by atoms with Crippen LogP contribution in [-0.4, -0.2) is 24.0 Å².